The zero-order valence-electron chi connectivity index (χ0n) is 19.4. The molecule has 2 aromatic carbocycles. The Morgan fingerprint density at radius 3 is 2.81 bits per heavy atom. The average Bonchev–Trinajstić information content (AvgIpc) is 2.85. The molecule has 0 radical (unpaired) electrons. The number of carbonyl (C=O) groups is 1. The number of nitrogens with two attached hydrogens (primary N) is 1. The number of likely N-dealkylation sites (tertiary alicyclic amines) is 1. The molecule has 36 heavy (non-hydrogen) atoms. The molecule has 3 aromatic rings. The molecule has 10 heteroatoms. The van der Waals surface area contributed by atoms with Gasteiger partial charge in [0.2, 0.25) is 5.91 Å². The third-order valence-electron chi connectivity index (χ3n) is 6.69. The lowest BCUT2D eigenvalue weighted by molar-refractivity contribution is -0.155. The predicted molar refractivity (Wildman–Crippen MR) is 135 cm³/mol. The van der Waals surface area contributed by atoms with E-state index in [0.717, 1.165) is 35.3 Å². The highest BCUT2D eigenvalue weighted by molar-refractivity contribution is 6.36. The summed E-state index contributed by atoms with van der Waals surface area (Å²) in [5.74, 6) is 0.427. The van der Waals surface area contributed by atoms with Crippen LogP contribution in [0.3, 0.4) is 0 Å². The predicted octanol–water partition coefficient (Wildman–Crippen LogP) is 4.82. The Hall–Kier alpha value is -3.07. The molecule has 5 rings (SSSR count). The first-order valence-corrected chi connectivity index (χ1v) is 12.2. The highest BCUT2D eigenvalue weighted by Crippen LogP contribution is 2.41. The van der Waals surface area contributed by atoms with Gasteiger partial charge in [0, 0.05) is 22.3 Å². The topological polar surface area (TPSA) is 97.9 Å². The van der Waals surface area contributed by atoms with E-state index in [-0.39, 0.29) is 16.7 Å². The van der Waals surface area contributed by atoms with E-state index in [9.17, 15) is 9.18 Å². The van der Waals surface area contributed by atoms with Gasteiger partial charge in [0.25, 0.3) is 0 Å². The standard InChI is InChI=1S/C26H24Cl2FN3O4/c1-14(23-18(27)3-4-19(29)24(23)28)35-21-9-17(10-31-25(21)30)15-2-5-20-16(8-15)6-7-26(36-20)12-32(13-26)22(34)11-33/h2-5,8-10,14,33H,6-7,11-13H2,1H3,(H2,30,31)/t14-/m1/s1. The molecule has 1 fully saturated rings. The van der Waals surface area contributed by atoms with Crippen LogP contribution in [0.4, 0.5) is 10.2 Å². The van der Waals surface area contributed by atoms with Crippen molar-refractivity contribution in [2.24, 2.45) is 0 Å². The molecule has 1 saturated heterocycles. The number of aliphatic hydroxyl groups is 1. The first kappa shape index (κ1) is 24.6. The SMILES string of the molecule is C[C@@H](Oc1cc(-c2ccc3c(c2)CCC2(CN(C(=O)CO)C2)O3)cnc1N)c1c(Cl)ccc(F)c1Cl. The number of ether oxygens (including phenoxy) is 2. The molecule has 1 atom stereocenters. The molecular formula is C26H24Cl2FN3O4. The molecule has 1 amide bonds. The van der Waals surface area contributed by atoms with Crippen LogP contribution < -0.4 is 15.2 Å². The van der Waals surface area contributed by atoms with Gasteiger partial charge in [0.15, 0.2) is 11.6 Å². The minimum atomic E-state index is -0.673. The molecule has 188 valence electrons. The Kier molecular flexibility index (Phi) is 6.44. The first-order chi connectivity index (χ1) is 17.2. The summed E-state index contributed by atoms with van der Waals surface area (Å²) >= 11 is 12.4. The lowest BCUT2D eigenvalue weighted by Gasteiger charge is -2.51. The Morgan fingerprint density at radius 1 is 1.28 bits per heavy atom. The Balaban J connectivity index is 1.35. The molecule has 0 aliphatic carbocycles. The normalized spacial score (nSPS) is 16.6. The number of aryl methyl sites for hydroxylation is 1. The molecule has 3 N–H and O–H groups in total. The maximum absolute atomic E-state index is 14.0. The number of nitrogens with zero attached hydrogens (tertiary/aromatic N) is 2. The molecule has 1 aromatic heterocycles. The third kappa shape index (κ3) is 4.45. The van der Waals surface area contributed by atoms with Gasteiger partial charge in [-0.3, -0.25) is 4.79 Å². The fourth-order valence-corrected chi connectivity index (χ4v) is 5.40. The van der Waals surface area contributed by atoms with Crippen molar-refractivity contribution in [3.63, 3.8) is 0 Å². The molecule has 1 spiro atoms. The zero-order chi connectivity index (χ0) is 25.6. The van der Waals surface area contributed by atoms with Crippen molar-refractivity contribution in [2.45, 2.75) is 31.5 Å². The maximum atomic E-state index is 14.0. The number of hydrogen-bond acceptors (Lipinski definition) is 6. The van der Waals surface area contributed by atoms with E-state index in [1.807, 2.05) is 18.2 Å². The number of nitrogen functional groups attached to an aromatic ring is 1. The van der Waals surface area contributed by atoms with Gasteiger partial charge in [-0.25, -0.2) is 9.37 Å². The summed E-state index contributed by atoms with van der Waals surface area (Å²) in [6.07, 6.45) is 2.56. The van der Waals surface area contributed by atoms with Crippen molar-refractivity contribution >= 4 is 34.9 Å². The second-order valence-electron chi connectivity index (χ2n) is 9.14. The van der Waals surface area contributed by atoms with E-state index in [2.05, 4.69) is 4.98 Å². The van der Waals surface area contributed by atoms with Crippen LogP contribution >= 0.6 is 23.2 Å². The average molecular weight is 532 g/mol. The van der Waals surface area contributed by atoms with Crippen LogP contribution in [-0.2, 0) is 11.2 Å². The van der Waals surface area contributed by atoms with Crippen LogP contribution in [0, 0.1) is 5.82 Å². The maximum Gasteiger partial charge on any atom is 0.248 e. The number of rotatable bonds is 5. The summed E-state index contributed by atoms with van der Waals surface area (Å²) in [5.41, 5.74) is 8.75. The van der Waals surface area contributed by atoms with Gasteiger partial charge in [0.1, 0.15) is 29.9 Å². The highest BCUT2D eigenvalue weighted by Gasteiger charge is 2.48. The van der Waals surface area contributed by atoms with Crippen LogP contribution in [0.2, 0.25) is 10.0 Å². The number of amides is 1. The van der Waals surface area contributed by atoms with E-state index in [4.69, 9.17) is 43.5 Å². The van der Waals surface area contributed by atoms with Crippen LogP contribution in [0.25, 0.3) is 11.1 Å². The van der Waals surface area contributed by atoms with Gasteiger partial charge < -0.3 is 25.2 Å². The second-order valence-corrected chi connectivity index (χ2v) is 9.92. The number of carbonyl (C=O) groups excluding carboxylic acids is 1. The lowest BCUT2D eigenvalue weighted by Crippen LogP contribution is -2.67. The van der Waals surface area contributed by atoms with Gasteiger partial charge in [-0.1, -0.05) is 29.3 Å². The van der Waals surface area contributed by atoms with Gasteiger partial charge >= 0.3 is 0 Å². The number of aromatic nitrogens is 1. The van der Waals surface area contributed by atoms with E-state index >= 15 is 0 Å². The smallest absolute Gasteiger partial charge is 0.248 e. The summed E-state index contributed by atoms with van der Waals surface area (Å²) in [5, 5.41) is 9.25. The molecule has 0 saturated carbocycles. The monoisotopic (exact) mass is 531 g/mol. The molecule has 0 unspecified atom stereocenters. The minimum absolute atomic E-state index is 0.0968. The van der Waals surface area contributed by atoms with Crippen LogP contribution in [-0.4, -0.2) is 46.2 Å². The summed E-state index contributed by atoms with van der Waals surface area (Å²) < 4.78 is 26.3. The Morgan fingerprint density at radius 2 is 2.06 bits per heavy atom. The molecular weight excluding hydrogens is 508 g/mol. The van der Waals surface area contributed by atoms with Gasteiger partial charge in [-0.2, -0.15) is 0 Å². The number of halogens is 3. The second kappa shape index (κ2) is 9.42. The number of hydrogen-bond donors (Lipinski definition) is 2. The number of pyridine rings is 1. The summed E-state index contributed by atoms with van der Waals surface area (Å²) in [7, 11) is 0. The van der Waals surface area contributed by atoms with Gasteiger partial charge in [0.05, 0.1) is 18.1 Å². The molecule has 7 nitrogen and oxygen atoms in total. The largest absolute Gasteiger partial charge is 0.483 e. The van der Waals surface area contributed by atoms with E-state index in [1.54, 1.807) is 24.1 Å². The van der Waals surface area contributed by atoms with Crippen LogP contribution in [0.5, 0.6) is 11.5 Å². The number of aliphatic hydroxyl groups excluding tert-OH is 1. The Bertz CT molecular complexity index is 1350. The molecule has 0 bridgehead atoms. The first-order valence-electron chi connectivity index (χ1n) is 11.5. The molecule has 2 aliphatic heterocycles. The van der Waals surface area contributed by atoms with Gasteiger partial charge in [-0.15, -0.1) is 0 Å². The van der Waals surface area contributed by atoms with Crippen LogP contribution in [0.15, 0.2) is 42.6 Å². The zero-order valence-corrected chi connectivity index (χ0v) is 20.9. The van der Waals surface area contributed by atoms with Crippen molar-refractivity contribution in [1.82, 2.24) is 9.88 Å². The highest BCUT2D eigenvalue weighted by atomic mass is 35.5. The summed E-state index contributed by atoms with van der Waals surface area (Å²) in [6.45, 7) is 2.18. The number of fused-ring (bicyclic) bond motifs is 1. The van der Waals surface area contributed by atoms with Gasteiger partial charge in [-0.05, 0) is 61.2 Å². The van der Waals surface area contributed by atoms with E-state index in [1.165, 1.54) is 12.1 Å². The van der Waals surface area contributed by atoms with Crippen molar-refractivity contribution in [1.29, 1.82) is 0 Å². The number of anilines is 1. The van der Waals surface area contributed by atoms with Crippen molar-refractivity contribution in [3.05, 3.63) is 69.6 Å². The summed E-state index contributed by atoms with van der Waals surface area (Å²) in [4.78, 5) is 17.6. The lowest BCUT2D eigenvalue weighted by atomic mass is 9.84. The number of benzene rings is 2. The minimum Gasteiger partial charge on any atom is -0.483 e. The quantitative estimate of drug-likeness (QED) is 0.458. The van der Waals surface area contributed by atoms with E-state index < -0.39 is 24.1 Å². The van der Waals surface area contributed by atoms with E-state index in [0.29, 0.717) is 29.4 Å². The molecule has 2 aliphatic rings. The van der Waals surface area contributed by atoms with Crippen molar-refractivity contribution in [2.75, 3.05) is 25.4 Å². The van der Waals surface area contributed by atoms with Crippen LogP contribution in [0.1, 0.15) is 30.6 Å². The van der Waals surface area contributed by atoms with Crippen molar-refractivity contribution < 1.29 is 23.8 Å². The third-order valence-corrected chi connectivity index (χ3v) is 7.40. The summed E-state index contributed by atoms with van der Waals surface area (Å²) in [6, 6.07) is 10.3. The van der Waals surface area contributed by atoms with Crippen molar-refractivity contribution in [3.8, 4) is 22.6 Å². The molecule has 3 heterocycles. The fraction of sp³-hybridized carbons (Fsp3) is 0.308. The fourth-order valence-electron chi connectivity index (χ4n) is 4.72. The Labute approximate surface area is 217 Å².